The molecule has 5 rings (SSSR count). The second-order valence-corrected chi connectivity index (χ2v) is 8.77. The van der Waals surface area contributed by atoms with Gasteiger partial charge in [0, 0.05) is 35.9 Å². The number of nitrogens with one attached hydrogen (secondary N) is 1. The molecule has 2 atom stereocenters. The van der Waals surface area contributed by atoms with E-state index in [0.29, 0.717) is 31.2 Å². The van der Waals surface area contributed by atoms with Crippen molar-refractivity contribution in [2.45, 2.75) is 37.5 Å². The highest BCUT2D eigenvalue weighted by atomic mass is 16.3. The lowest BCUT2D eigenvalue weighted by atomic mass is 9.69. The van der Waals surface area contributed by atoms with Gasteiger partial charge < -0.3 is 5.11 Å². The highest BCUT2D eigenvalue weighted by Gasteiger charge is 2.45. The summed E-state index contributed by atoms with van der Waals surface area (Å²) in [5.74, 6) is -0.755. The Morgan fingerprint density at radius 2 is 1.88 bits per heavy atom. The zero-order chi connectivity index (χ0) is 23.0. The lowest BCUT2D eigenvalue weighted by Crippen LogP contribution is -2.51. The third-order valence-electron chi connectivity index (χ3n) is 6.88. The largest absolute Gasteiger partial charge is 0.508 e. The molecule has 0 bridgehead atoms. The van der Waals surface area contributed by atoms with Gasteiger partial charge in [-0.05, 0) is 48.9 Å². The van der Waals surface area contributed by atoms with Crippen LogP contribution in [0.4, 0.5) is 0 Å². The summed E-state index contributed by atoms with van der Waals surface area (Å²) in [5.41, 5.74) is 3.04. The normalized spacial score (nSPS) is 22.2. The molecule has 1 aromatic heterocycles. The quantitative estimate of drug-likeness (QED) is 0.588. The Labute approximate surface area is 190 Å². The second-order valence-electron chi connectivity index (χ2n) is 8.77. The fraction of sp³-hybridized carbons (Fsp3) is 0.269. The lowest BCUT2D eigenvalue weighted by molar-refractivity contribution is -0.138. The third-order valence-corrected chi connectivity index (χ3v) is 6.88. The van der Waals surface area contributed by atoms with Gasteiger partial charge >= 0.3 is 0 Å². The Morgan fingerprint density at radius 1 is 1.06 bits per heavy atom. The summed E-state index contributed by atoms with van der Waals surface area (Å²) in [7, 11) is 0. The number of nitrogens with zero attached hydrogens (tertiary/aromatic N) is 2. The summed E-state index contributed by atoms with van der Waals surface area (Å²) >= 11 is 0. The number of benzene rings is 2. The van der Waals surface area contributed by atoms with Crippen molar-refractivity contribution >= 4 is 17.6 Å². The first-order valence-electron chi connectivity index (χ1n) is 11.0. The SMILES string of the molecule is O=C1CC[C@@](CCC2Cc3ccc(O)cc3C2=O)(c2ccc(-c3cnccn3)cc2)C(=O)N1. The number of amides is 2. The van der Waals surface area contributed by atoms with Crippen molar-refractivity contribution in [1.82, 2.24) is 15.3 Å². The van der Waals surface area contributed by atoms with Crippen LogP contribution >= 0.6 is 0 Å². The van der Waals surface area contributed by atoms with E-state index in [0.717, 1.165) is 22.4 Å². The maximum absolute atomic E-state index is 13.2. The summed E-state index contributed by atoms with van der Waals surface area (Å²) < 4.78 is 0. The zero-order valence-corrected chi connectivity index (χ0v) is 18.0. The van der Waals surface area contributed by atoms with Gasteiger partial charge in [-0.15, -0.1) is 0 Å². The first-order valence-corrected chi connectivity index (χ1v) is 11.0. The highest BCUT2D eigenvalue weighted by Crippen LogP contribution is 2.41. The predicted octanol–water partition coefficient (Wildman–Crippen LogP) is 3.36. The van der Waals surface area contributed by atoms with E-state index >= 15 is 0 Å². The van der Waals surface area contributed by atoms with Gasteiger partial charge in [-0.25, -0.2) is 0 Å². The number of Topliss-reactive ketones (excluding diaryl/α,β-unsaturated/α-hetero) is 1. The number of carbonyl (C=O) groups is 3. The monoisotopic (exact) mass is 441 g/mol. The number of carbonyl (C=O) groups excluding carboxylic acids is 3. The van der Waals surface area contributed by atoms with Gasteiger partial charge in [-0.1, -0.05) is 30.3 Å². The highest BCUT2D eigenvalue weighted by molar-refractivity contribution is 6.04. The van der Waals surface area contributed by atoms with Crippen LogP contribution in [-0.2, 0) is 21.4 Å². The average molecular weight is 441 g/mol. The molecule has 2 aromatic carbocycles. The number of fused-ring (bicyclic) bond motifs is 1. The Balaban J connectivity index is 1.41. The molecule has 1 aliphatic heterocycles. The number of phenols is 1. The van der Waals surface area contributed by atoms with E-state index in [9.17, 15) is 19.5 Å². The molecule has 2 aliphatic rings. The molecule has 7 heteroatoms. The van der Waals surface area contributed by atoms with Gasteiger partial charge in [0.05, 0.1) is 17.3 Å². The molecule has 1 saturated heterocycles. The molecule has 1 fully saturated rings. The summed E-state index contributed by atoms with van der Waals surface area (Å²) in [6.07, 6.45) is 7.13. The van der Waals surface area contributed by atoms with Gasteiger partial charge in [0.2, 0.25) is 11.8 Å². The fourth-order valence-corrected chi connectivity index (χ4v) is 5.02. The fourth-order valence-electron chi connectivity index (χ4n) is 5.02. The smallest absolute Gasteiger partial charge is 0.237 e. The van der Waals surface area contributed by atoms with Crippen LogP contribution in [0.3, 0.4) is 0 Å². The number of hydrogen-bond donors (Lipinski definition) is 2. The van der Waals surface area contributed by atoms with E-state index in [2.05, 4.69) is 15.3 Å². The van der Waals surface area contributed by atoms with Gasteiger partial charge in [0.1, 0.15) is 5.75 Å². The maximum Gasteiger partial charge on any atom is 0.237 e. The minimum absolute atomic E-state index is 0.00124. The van der Waals surface area contributed by atoms with Crippen LogP contribution < -0.4 is 5.32 Å². The topological polar surface area (TPSA) is 109 Å². The predicted molar refractivity (Wildman–Crippen MR) is 120 cm³/mol. The zero-order valence-electron chi connectivity index (χ0n) is 18.0. The number of piperidine rings is 1. The van der Waals surface area contributed by atoms with Gasteiger partial charge in [-0.2, -0.15) is 0 Å². The van der Waals surface area contributed by atoms with Gasteiger partial charge in [0.15, 0.2) is 5.78 Å². The van der Waals surface area contributed by atoms with Crippen molar-refractivity contribution < 1.29 is 19.5 Å². The van der Waals surface area contributed by atoms with Crippen LogP contribution in [0.5, 0.6) is 5.75 Å². The molecule has 3 aromatic rings. The number of aromatic nitrogens is 2. The Kier molecular flexibility index (Phi) is 5.24. The lowest BCUT2D eigenvalue weighted by Gasteiger charge is -2.36. The molecule has 33 heavy (non-hydrogen) atoms. The molecule has 1 aliphatic carbocycles. The molecular formula is C26H23N3O4. The number of hydrogen-bond acceptors (Lipinski definition) is 6. The molecule has 0 radical (unpaired) electrons. The number of aromatic hydroxyl groups is 1. The number of rotatable bonds is 5. The van der Waals surface area contributed by atoms with E-state index < -0.39 is 5.41 Å². The van der Waals surface area contributed by atoms with E-state index in [1.165, 1.54) is 6.07 Å². The molecular weight excluding hydrogens is 418 g/mol. The minimum atomic E-state index is -0.883. The second kappa shape index (κ2) is 8.24. The number of phenolic OH excluding ortho intramolecular Hbond substituents is 1. The van der Waals surface area contributed by atoms with Crippen molar-refractivity contribution in [3.8, 4) is 17.0 Å². The van der Waals surface area contributed by atoms with Crippen LogP contribution in [0.1, 0.15) is 47.2 Å². The van der Waals surface area contributed by atoms with E-state index in [1.54, 1.807) is 30.7 Å². The molecule has 0 saturated carbocycles. The molecule has 1 unspecified atom stereocenters. The number of ketones is 1. The molecule has 0 spiro atoms. The van der Waals surface area contributed by atoms with Gasteiger partial charge in [-0.3, -0.25) is 29.7 Å². The van der Waals surface area contributed by atoms with Crippen LogP contribution in [0.2, 0.25) is 0 Å². The summed E-state index contributed by atoms with van der Waals surface area (Å²) in [4.78, 5) is 46.4. The Hall–Kier alpha value is -3.87. The minimum Gasteiger partial charge on any atom is -0.508 e. The van der Waals surface area contributed by atoms with Crippen molar-refractivity contribution in [3.63, 3.8) is 0 Å². The van der Waals surface area contributed by atoms with Crippen molar-refractivity contribution in [3.05, 3.63) is 77.7 Å². The molecule has 2 heterocycles. The molecule has 166 valence electrons. The van der Waals surface area contributed by atoms with Gasteiger partial charge in [0.25, 0.3) is 0 Å². The van der Waals surface area contributed by atoms with Crippen molar-refractivity contribution in [2.24, 2.45) is 5.92 Å². The molecule has 7 nitrogen and oxygen atoms in total. The Bertz CT molecular complexity index is 1240. The van der Waals surface area contributed by atoms with Crippen molar-refractivity contribution in [1.29, 1.82) is 0 Å². The van der Waals surface area contributed by atoms with Crippen LogP contribution in [-0.4, -0.2) is 32.7 Å². The van der Waals surface area contributed by atoms with E-state index in [-0.39, 0.29) is 35.7 Å². The summed E-state index contributed by atoms with van der Waals surface area (Å²) in [6.45, 7) is 0. The average Bonchev–Trinajstić information content (AvgIpc) is 3.14. The van der Waals surface area contributed by atoms with E-state index in [4.69, 9.17) is 0 Å². The third kappa shape index (κ3) is 3.80. The molecule has 2 amide bonds. The standard InChI is InChI=1S/C26H23N3O4/c30-20-6-3-17-13-18(24(32)21(17)14-20)7-9-26(10-8-23(31)29-25(26)33)19-4-1-16(2-5-19)22-15-27-11-12-28-22/h1-6,11-12,14-15,18,30H,7-10,13H2,(H,29,31,33)/t18?,26-/m0/s1. The summed E-state index contributed by atoms with van der Waals surface area (Å²) in [5, 5.41) is 12.3. The van der Waals surface area contributed by atoms with Crippen LogP contribution in [0, 0.1) is 5.92 Å². The first kappa shape index (κ1) is 21.0. The summed E-state index contributed by atoms with van der Waals surface area (Å²) in [6, 6.07) is 12.5. The van der Waals surface area contributed by atoms with E-state index in [1.807, 2.05) is 24.3 Å². The van der Waals surface area contributed by atoms with Crippen LogP contribution in [0.15, 0.2) is 61.1 Å². The van der Waals surface area contributed by atoms with Crippen LogP contribution in [0.25, 0.3) is 11.3 Å². The number of imide groups is 1. The maximum atomic E-state index is 13.2. The first-order chi connectivity index (χ1) is 16.0. The molecule has 2 N–H and O–H groups in total. The van der Waals surface area contributed by atoms with Crippen molar-refractivity contribution in [2.75, 3.05) is 0 Å². The Morgan fingerprint density at radius 3 is 2.61 bits per heavy atom.